The van der Waals surface area contributed by atoms with E-state index >= 15 is 0 Å². The molecule has 1 aliphatic rings. The van der Waals surface area contributed by atoms with Gasteiger partial charge in [-0.1, -0.05) is 30.3 Å². The summed E-state index contributed by atoms with van der Waals surface area (Å²) in [7, 11) is 0. The molecule has 1 fully saturated rings. The molecular weight excluding hydrogens is 236 g/mol. The minimum atomic E-state index is 0.0749. The van der Waals surface area contributed by atoms with Crippen molar-refractivity contribution in [1.29, 1.82) is 0 Å². The summed E-state index contributed by atoms with van der Waals surface area (Å²) in [5.41, 5.74) is 2.33. The van der Waals surface area contributed by atoms with E-state index in [1.54, 1.807) is 6.20 Å². The standard InChI is InChI=1S/C16H18N2O/c19-12-13-6-8-17-16(10-13)18-9-7-15(11-18)14-4-2-1-3-5-14/h1-6,8,10,15,19H,7,9,11-12H2. The van der Waals surface area contributed by atoms with Gasteiger partial charge in [-0.25, -0.2) is 4.98 Å². The van der Waals surface area contributed by atoms with E-state index in [1.807, 2.05) is 12.1 Å². The van der Waals surface area contributed by atoms with Crippen LogP contribution in [0.1, 0.15) is 23.5 Å². The first kappa shape index (κ1) is 12.2. The maximum absolute atomic E-state index is 9.19. The molecule has 0 spiro atoms. The summed E-state index contributed by atoms with van der Waals surface area (Å²) in [5.74, 6) is 1.56. The predicted molar refractivity (Wildman–Crippen MR) is 76.2 cm³/mol. The van der Waals surface area contributed by atoms with Crippen LogP contribution in [0, 0.1) is 0 Å². The summed E-state index contributed by atoms with van der Waals surface area (Å²) in [4.78, 5) is 6.71. The monoisotopic (exact) mass is 254 g/mol. The zero-order chi connectivity index (χ0) is 13.1. The third-order valence-electron chi connectivity index (χ3n) is 3.78. The van der Waals surface area contributed by atoms with E-state index in [-0.39, 0.29) is 6.61 Å². The van der Waals surface area contributed by atoms with Gasteiger partial charge in [-0.3, -0.25) is 0 Å². The molecule has 1 N–H and O–H groups in total. The van der Waals surface area contributed by atoms with Crippen LogP contribution in [0.4, 0.5) is 5.82 Å². The maximum Gasteiger partial charge on any atom is 0.128 e. The van der Waals surface area contributed by atoms with Crippen LogP contribution in [-0.4, -0.2) is 23.2 Å². The molecule has 2 heterocycles. The molecule has 3 heteroatoms. The van der Waals surface area contributed by atoms with Gasteiger partial charge >= 0.3 is 0 Å². The van der Waals surface area contributed by atoms with Crippen LogP contribution in [0.25, 0.3) is 0 Å². The molecule has 3 rings (SSSR count). The van der Waals surface area contributed by atoms with Gasteiger partial charge in [0.05, 0.1) is 6.61 Å². The van der Waals surface area contributed by atoms with Gasteiger partial charge in [-0.15, -0.1) is 0 Å². The number of nitrogens with zero attached hydrogens (tertiary/aromatic N) is 2. The fourth-order valence-electron chi connectivity index (χ4n) is 2.70. The van der Waals surface area contributed by atoms with E-state index in [2.05, 4.69) is 40.2 Å². The molecule has 0 bridgehead atoms. The smallest absolute Gasteiger partial charge is 0.128 e. The second kappa shape index (κ2) is 5.41. The number of aliphatic hydroxyl groups excluding tert-OH is 1. The number of aromatic nitrogens is 1. The third kappa shape index (κ3) is 2.61. The molecule has 0 aliphatic carbocycles. The average molecular weight is 254 g/mol. The minimum Gasteiger partial charge on any atom is -0.392 e. The molecule has 3 nitrogen and oxygen atoms in total. The molecule has 2 aromatic rings. The first-order valence-corrected chi connectivity index (χ1v) is 6.72. The zero-order valence-electron chi connectivity index (χ0n) is 10.9. The molecule has 0 saturated carbocycles. The molecule has 0 amide bonds. The molecule has 1 aliphatic heterocycles. The molecule has 19 heavy (non-hydrogen) atoms. The van der Waals surface area contributed by atoms with Crippen molar-refractivity contribution in [3.05, 3.63) is 59.8 Å². The highest BCUT2D eigenvalue weighted by Crippen LogP contribution is 2.29. The van der Waals surface area contributed by atoms with Crippen LogP contribution in [0.3, 0.4) is 0 Å². The Kier molecular flexibility index (Phi) is 3.47. The lowest BCUT2D eigenvalue weighted by Crippen LogP contribution is -2.20. The Labute approximate surface area is 113 Å². The first-order valence-electron chi connectivity index (χ1n) is 6.72. The van der Waals surface area contributed by atoms with Gasteiger partial charge in [-0.2, -0.15) is 0 Å². The topological polar surface area (TPSA) is 36.4 Å². The Morgan fingerprint density at radius 1 is 1.21 bits per heavy atom. The van der Waals surface area contributed by atoms with Gasteiger partial charge in [0.25, 0.3) is 0 Å². The molecule has 1 atom stereocenters. The van der Waals surface area contributed by atoms with Crippen molar-refractivity contribution in [3.8, 4) is 0 Å². The SMILES string of the molecule is OCc1ccnc(N2CCC(c3ccccc3)C2)c1. The Morgan fingerprint density at radius 2 is 2.05 bits per heavy atom. The Hall–Kier alpha value is -1.87. The summed E-state index contributed by atoms with van der Waals surface area (Å²) < 4.78 is 0. The summed E-state index contributed by atoms with van der Waals surface area (Å²) in [5, 5.41) is 9.19. The van der Waals surface area contributed by atoms with E-state index in [4.69, 9.17) is 0 Å². The number of hydrogen-bond acceptors (Lipinski definition) is 3. The molecule has 1 aromatic carbocycles. The molecule has 98 valence electrons. The molecular formula is C16H18N2O. The van der Waals surface area contributed by atoms with Crippen LogP contribution in [0.15, 0.2) is 48.7 Å². The van der Waals surface area contributed by atoms with Crippen molar-refractivity contribution in [2.24, 2.45) is 0 Å². The predicted octanol–water partition coefficient (Wildman–Crippen LogP) is 2.57. The van der Waals surface area contributed by atoms with Crippen molar-refractivity contribution < 1.29 is 5.11 Å². The number of anilines is 1. The minimum absolute atomic E-state index is 0.0749. The van der Waals surface area contributed by atoms with Crippen molar-refractivity contribution >= 4 is 5.82 Å². The zero-order valence-corrected chi connectivity index (χ0v) is 10.9. The molecule has 1 unspecified atom stereocenters. The summed E-state index contributed by atoms with van der Waals surface area (Å²) in [6, 6.07) is 14.5. The molecule has 1 aromatic heterocycles. The van der Waals surface area contributed by atoms with Crippen molar-refractivity contribution in [1.82, 2.24) is 4.98 Å². The average Bonchev–Trinajstić information content (AvgIpc) is 2.98. The van der Waals surface area contributed by atoms with Crippen LogP contribution in [-0.2, 0) is 6.61 Å². The quantitative estimate of drug-likeness (QED) is 0.914. The maximum atomic E-state index is 9.19. The van der Waals surface area contributed by atoms with Crippen LogP contribution in [0.5, 0.6) is 0 Å². The van der Waals surface area contributed by atoms with Gasteiger partial charge in [-0.05, 0) is 29.7 Å². The van der Waals surface area contributed by atoms with Gasteiger partial charge in [0.1, 0.15) is 5.82 Å². The fraction of sp³-hybridized carbons (Fsp3) is 0.312. The van der Waals surface area contributed by atoms with Crippen LogP contribution >= 0.6 is 0 Å². The van der Waals surface area contributed by atoms with Gasteiger partial charge in [0, 0.05) is 25.2 Å². The largest absolute Gasteiger partial charge is 0.392 e. The van der Waals surface area contributed by atoms with Crippen molar-refractivity contribution in [3.63, 3.8) is 0 Å². The number of aliphatic hydroxyl groups is 1. The van der Waals surface area contributed by atoms with Gasteiger partial charge < -0.3 is 10.0 Å². The number of pyridine rings is 1. The van der Waals surface area contributed by atoms with Crippen LogP contribution < -0.4 is 4.90 Å². The lowest BCUT2D eigenvalue weighted by Gasteiger charge is -2.18. The highest BCUT2D eigenvalue weighted by molar-refractivity contribution is 5.43. The normalized spacial score (nSPS) is 18.8. The van der Waals surface area contributed by atoms with E-state index < -0.39 is 0 Å². The Morgan fingerprint density at radius 3 is 2.84 bits per heavy atom. The summed E-state index contributed by atoms with van der Waals surface area (Å²) in [6.45, 7) is 2.11. The first-order chi connectivity index (χ1) is 9.36. The van der Waals surface area contributed by atoms with Crippen LogP contribution in [0.2, 0.25) is 0 Å². The Bertz CT molecular complexity index is 541. The van der Waals surface area contributed by atoms with E-state index in [1.165, 1.54) is 5.56 Å². The van der Waals surface area contributed by atoms with Crippen molar-refractivity contribution in [2.75, 3.05) is 18.0 Å². The van der Waals surface area contributed by atoms with Gasteiger partial charge in [0.2, 0.25) is 0 Å². The van der Waals surface area contributed by atoms with E-state index in [0.29, 0.717) is 5.92 Å². The number of benzene rings is 1. The second-order valence-corrected chi connectivity index (χ2v) is 5.02. The lowest BCUT2D eigenvalue weighted by molar-refractivity contribution is 0.281. The van der Waals surface area contributed by atoms with E-state index in [9.17, 15) is 5.11 Å². The number of rotatable bonds is 3. The van der Waals surface area contributed by atoms with Crippen molar-refractivity contribution in [2.45, 2.75) is 18.9 Å². The molecule has 0 radical (unpaired) electrons. The second-order valence-electron chi connectivity index (χ2n) is 5.02. The highest BCUT2D eigenvalue weighted by atomic mass is 16.3. The number of hydrogen-bond donors (Lipinski definition) is 1. The summed E-state index contributed by atoms with van der Waals surface area (Å²) >= 11 is 0. The Balaban J connectivity index is 1.75. The molecule has 1 saturated heterocycles. The van der Waals surface area contributed by atoms with E-state index in [0.717, 1.165) is 30.9 Å². The summed E-state index contributed by atoms with van der Waals surface area (Å²) in [6.07, 6.45) is 2.94. The fourth-order valence-corrected chi connectivity index (χ4v) is 2.70. The van der Waals surface area contributed by atoms with Gasteiger partial charge in [0.15, 0.2) is 0 Å². The highest BCUT2D eigenvalue weighted by Gasteiger charge is 2.24. The third-order valence-corrected chi connectivity index (χ3v) is 3.78. The lowest BCUT2D eigenvalue weighted by atomic mass is 9.99.